The fourth-order valence-corrected chi connectivity index (χ4v) is 1.73. The zero-order valence-corrected chi connectivity index (χ0v) is 12.4. The van der Waals surface area contributed by atoms with Crippen LogP contribution in [0.15, 0.2) is 22.7 Å². The molecule has 1 N–H and O–H groups in total. The highest BCUT2D eigenvalue weighted by molar-refractivity contribution is 9.10. The van der Waals surface area contributed by atoms with Crippen LogP contribution in [0.25, 0.3) is 0 Å². The molecule has 0 aromatic heterocycles. The van der Waals surface area contributed by atoms with Crippen molar-refractivity contribution in [2.45, 2.75) is 19.4 Å². The predicted octanol–water partition coefficient (Wildman–Crippen LogP) is 3.26. The predicted molar refractivity (Wildman–Crippen MR) is 72.6 cm³/mol. The molecule has 1 amide bonds. The number of carbonyl (C=O) groups is 1. The van der Waals surface area contributed by atoms with E-state index in [1.165, 1.54) is 0 Å². The Morgan fingerprint density at radius 1 is 1.53 bits per heavy atom. The number of nitrogens with one attached hydrogen (secondary N) is 1. The largest absolute Gasteiger partial charge is 0.377 e. The van der Waals surface area contributed by atoms with Gasteiger partial charge in [-0.1, -0.05) is 11.6 Å². The van der Waals surface area contributed by atoms with Crippen LogP contribution >= 0.6 is 27.5 Å². The molecule has 0 saturated carbocycles. The number of ether oxygens (including phenoxy) is 1. The summed E-state index contributed by atoms with van der Waals surface area (Å²) in [5, 5.41) is 3.34. The number of amides is 1. The lowest BCUT2D eigenvalue weighted by atomic mass is 10.1. The second-order valence-electron chi connectivity index (χ2n) is 4.27. The van der Waals surface area contributed by atoms with E-state index >= 15 is 0 Å². The smallest absolute Gasteiger partial charge is 0.252 e. The summed E-state index contributed by atoms with van der Waals surface area (Å²) in [5.74, 6) is -0.176. The van der Waals surface area contributed by atoms with Crippen LogP contribution in [0.3, 0.4) is 0 Å². The maximum absolute atomic E-state index is 11.9. The molecule has 0 atom stereocenters. The fraction of sp³-hybridized carbons (Fsp3) is 0.417. The second kappa shape index (κ2) is 5.85. The zero-order chi connectivity index (χ0) is 13.1. The molecule has 0 heterocycles. The van der Waals surface area contributed by atoms with E-state index in [0.717, 1.165) is 4.47 Å². The first kappa shape index (κ1) is 14.5. The molecule has 0 radical (unpaired) electrons. The highest BCUT2D eigenvalue weighted by atomic mass is 79.9. The molecule has 0 aliphatic carbocycles. The monoisotopic (exact) mass is 319 g/mol. The third-order valence-electron chi connectivity index (χ3n) is 2.40. The van der Waals surface area contributed by atoms with Crippen molar-refractivity contribution in [1.29, 1.82) is 0 Å². The van der Waals surface area contributed by atoms with Crippen LogP contribution < -0.4 is 5.32 Å². The normalized spacial score (nSPS) is 11.4. The number of benzene rings is 1. The molecule has 0 unspecified atom stereocenters. The van der Waals surface area contributed by atoms with Gasteiger partial charge in [0.25, 0.3) is 5.91 Å². The molecule has 0 fully saturated rings. The van der Waals surface area contributed by atoms with Crippen molar-refractivity contribution in [2.24, 2.45) is 0 Å². The molecule has 3 nitrogen and oxygen atoms in total. The van der Waals surface area contributed by atoms with Gasteiger partial charge in [0, 0.05) is 23.1 Å². The summed E-state index contributed by atoms with van der Waals surface area (Å²) in [7, 11) is 1.61. The minimum absolute atomic E-state index is 0.176. The molecule has 1 rings (SSSR count). The van der Waals surface area contributed by atoms with Crippen molar-refractivity contribution in [3.8, 4) is 0 Å². The van der Waals surface area contributed by atoms with Gasteiger partial charge < -0.3 is 10.1 Å². The van der Waals surface area contributed by atoms with E-state index in [9.17, 15) is 4.79 Å². The van der Waals surface area contributed by atoms with Crippen molar-refractivity contribution in [2.75, 3.05) is 13.7 Å². The Hall–Kier alpha value is -0.580. The summed E-state index contributed by atoms with van der Waals surface area (Å²) in [6.45, 7) is 4.24. The molecule has 0 bridgehead atoms. The van der Waals surface area contributed by atoms with Crippen LogP contribution in [0.2, 0.25) is 5.02 Å². The summed E-state index contributed by atoms with van der Waals surface area (Å²) in [6, 6.07) is 5.10. The average molecular weight is 321 g/mol. The number of halogens is 2. The van der Waals surface area contributed by atoms with Crippen LogP contribution in [0.4, 0.5) is 0 Å². The number of hydrogen-bond acceptors (Lipinski definition) is 2. The van der Waals surface area contributed by atoms with Gasteiger partial charge >= 0.3 is 0 Å². The van der Waals surface area contributed by atoms with Gasteiger partial charge in [-0.25, -0.2) is 0 Å². The van der Waals surface area contributed by atoms with Gasteiger partial charge in [0.2, 0.25) is 0 Å². The van der Waals surface area contributed by atoms with Crippen LogP contribution in [-0.2, 0) is 4.74 Å². The van der Waals surface area contributed by atoms with Crippen molar-refractivity contribution in [1.82, 2.24) is 5.32 Å². The maximum atomic E-state index is 11.9. The van der Waals surface area contributed by atoms with Crippen LogP contribution in [-0.4, -0.2) is 25.2 Å². The highest BCUT2D eigenvalue weighted by Crippen LogP contribution is 2.21. The van der Waals surface area contributed by atoms with E-state index in [1.807, 2.05) is 13.8 Å². The Bertz CT molecular complexity index is 421. The average Bonchev–Trinajstić information content (AvgIpc) is 2.29. The van der Waals surface area contributed by atoms with Crippen molar-refractivity contribution in [3.63, 3.8) is 0 Å². The topological polar surface area (TPSA) is 38.3 Å². The summed E-state index contributed by atoms with van der Waals surface area (Å²) in [5.41, 5.74) is 0.130. The first-order valence-electron chi connectivity index (χ1n) is 5.14. The Labute approximate surface area is 115 Å². The lowest BCUT2D eigenvalue weighted by Crippen LogP contribution is -2.39. The molecule has 1 aromatic carbocycles. The molecule has 94 valence electrons. The van der Waals surface area contributed by atoms with E-state index in [4.69, 9.17) is 16.3 Å². The molecule has 5 heteroatoms. The summed E-state index contributed by atoms with van der Waals surface area (Å²) >= 11 is 9.17. The SMILES string of the molecule is COC(C)(C)CNC(=O)c1cc(Cl)ccc1Br. The van der Waals surface area contributed by atoms with Crippen molar-refractivity contribution in [3.05, 3.63) is 33.3 Å². The van der Waals surface area contributed by atoms with Gasteiger partial charge in [0.15, 0.2) is 0 Å². The molecular formula is C12H15BrClNO2. The lowest BCUT2D eigenvalue weighted by Gasteiger charge is -2.23. The van der Waals surface area contributed by atoms with Crippen LogP contribution in [0.1, 0.15) is 24.2 Å². The minimum Gasteiger partial charge on any atom is -0.377 e. The first-order chi connectivity index (χ1) is 7.85. The van der Waals surface area contributed by atoms with Crippen LogP contribution in [0, 0.1) is 0 Å². The van der Waals surface area contributed by atoms with Crippen LogP contribution in [0.5, 0.6) is 0 Å². The van der Waals surface area contributed by atoms with Gasteiger partial charge in [0.05, 0.1) is 11.2 Å². The zero-order valence-electron chi connectivity index (χ0n) is 10.0. The van der Waals surface area contributed by atoms with E-state index in [2.05, 4.69) is 21.2 Å². The standard InChI is InChI=1S/C12H15BrClNO2/c1-12(2,17-3)7-15-11(16)9-6-8(14)4-5-10(9)13/h4-6H,7H2,1-3H3,(H,15,16). The molecule has 0 saturated heterocycles. The van der Waals surface area contributed by atoms with Gasteiger partial charge in [0.1, 0.15) is 0 Å². The minimum atomic E-state index is -0.388. The van der Waals surface area contributed by atoms with Gasteiger partial charge in [-0.05, 0) is 48.0 Å². The summed E-state index contributed by atoms with van der Waals surface area (Å²) < 4.78 is 5.94. The quantitative estimate of drug-likeness (QED) is 0.925. The third kappa shape index (κ3) is 4.30. The van der Waals surface area contributed by atoms with Gasteiger partial charge in [-0.15, -0.1) is 0 Å². The molecule has 17 heavy (non-hydrogen) atoms. The van der Waals surface area contributed by atoms with E-state index in [0.29, 0.717) is 17.1 Å². The lowest BCUT2D eigenvalue weighted by molar-refractivity contribution is 0.0228. The number of hydrogen-bond donors (Lipinski definition) is 1. The Morgan fingerprint density at radius 2 is 2.18 bits per heavy atom. The molecule has 0 spiro atoms. The second-order valence-corrected chi connectivity index (χ2v) is 5.56. The molecule has 0 aliphatic rings. The molecule has 1 aromatic rings. The summed E-state index contributed by atoms with van der Waals surface area (Å²) in [6.07, 6.45) is 0. The maximum Gasteiger partial charge on any atom is 0.252 e. The first-order valence-corrected chi connectivity index (χ1v) is 6.31. The van der Waals surface area contributed by atoms with Gasteiger partial charge in [-0.2, -0.15) is 0 Å². The van der Waals surface area contributed by atoms with Gasteiger partial charge in [-0.3, -0.25) is 4.79 Å². The van der Waals surface area contributed by atoms with Crippen molar-refractivity contribution >= 4 is 33.4 Å². The van der Waals surface area contributed by atoms with E-state index in [-0.39, 0.29) is 11.5 Å². The molecule has 0 aliphatic heterocycles. The fourth-order valence-electron chi connectivity index (χ4n) is 1.13. The highest BCUT2D eigenvalue weighted by Gasteiger charge is 2.18. The Kier molecular flexibility index (Phi) is 4.98. The number of methoxy groups -OCH3 is 1. The Balaban J connectivity index is 2.74. The van der Waals surface area contributed by atoms with E-state index in [1.54, 1.807) is 25.3 Å². The number of carbonyl (C=O) groups excluding carboxylic acids is 1. The summed E-state index contributed by atoms with van der Waals surface area (Å²) in [4.78, 5) is 11.9. The number of rotatable bonds is 4. The van der Waals surface area contributed by atoms with Crippen molar-refractivity contribution < 1.29 is 9.53 Å². The molecular weight excluding hydrogens is 305 g/mol. The Morgan fingerprint density at radius 3 is 2.76 bits per heavy atom. The van der Waals surface area contributed by atoms with E-state index < -0.39 is 0 Å². The third-order valence-corrected chi connectivity index (χ3v) is 3.33.